The van der Waals surface area contributed by atoms with E-state index in [1.54, 1.807) is 4.68 Å². The molecule has 0 aliphatic carbocycles. The summed E-state index contributed by atoms with van der Waals surface area (Å²) in [6, 6.07) is 13.4. The second-order valence-corrected chi connectivity index (χ2v) is 5.22. The molecule has 0 fully saturated rings. The summed E-state index contributed by atoms with van der Waals surface area (Å²) in [7, 11) is 0. The third kappa shape index (κ3) is 2.38. The largest absolute Gasteiger partial charge is 0.324 e. The molecule has 6 heteroatoms. The van der Waals surface area contributed by atoms with Crippen LogP contribution in [0.5, 0.6) is 0 Å². The molecule has 1 N–H and O–H groups in total. The standard InChI is InChI=1S/C17H12F2N4/c18-13-7-6-12(8-14(13)19)15-9-16(11-4-2-1-3-5-11)23-17(22-15)20-10-21-23/h1-10,16H,(H,20,21,22)/t16-/m1/s1. The highest BCUT2D eigenvalue weighted by Gasteiger charge is 2.23. The normalized spacial score (nSPS) is 16.4. The van der Waals surface area contributed by atoms with E-state index >= 15 is 0 Å². The van der Waals surface area contributed by atoms with Crippen LogP contribution in [-0.4, -0.2) is 14.8 Å². The van der Waals surface area contributed by atoms with Gasteiger partial charge in [-0.15, -0.1) is 0 Å². The summed E-state index contributed by atoms with van der Waals surface area (Å²) in [5.74, 6) is -1.19. The Hall–Kier alpha value is -3.02. The highest BCUT2D eigenvalue weighted by molar-refractivity contribution is 5.77. The zero-order valence-electron chi connectivity index (χ0n) is 11.9. The number of nitrogens with zero attached hydrogens (tertiary/aromatic N) is 3. The molecule has 3 aromatic rings. The maximum Gasteiger partial charge on any atom is 0.226 e. The molecule has 2 heterocycles. The van der Waals surface area contributed by atoms with Crippen LogP contribution in [0.2, 0.25) is 0 Å². The van der Waals surface area contributed by atoms with E-state index in [0.717, 1.165) is 11.6 Å². The molecule has 114 valence electrons. The Morgan fingerprint density at radius 3 is 2.61 bits per heavy atom. The van der Waals surface area contributed by atoms with Crippen molar-refractivity contribution in [2.45, 2.75) is 6.04 Å². The molecular formula is C17H12F2N4. The Bertz CT molecular complexity index is 887. The summed E-state index contributed by atoms with van der Waals surface area (Å²) < 4.78 is 28.4. The summed E-state index contributed by atoms with van der Waals surface area (Å²) in [5, 5.41) is 7.34. The zero-order chi connectivity index (χ0) is 15.8. The average Bonchev–Trinajstić information content (AvgIpc) is 3.06. The average molecular weight is 310 g/mol. The molecule has 4 nitrogen and oxygen atoms in total. The molecule has 0 saturated carbocycles. The predicted octanol–water partition coefficient (Wildman–Crippen LogP) is 3.61. The van der Waals surface area contributed by atoms with Crippen molar-refractivity contribution >= 4 is 11.6 Å². The van der Waals surface area contributed by atoms with Gasteiger partial charge in [0.1, 0.15) is 12.4 Å². The highest BCUT2D eigenvalue weighted by Crippen LogP contribution is 2.32. The van der Waals surface area contributed by atoms with Gasteiger partial charge in [0.25, 0.3) is 0 Å². The van der Waals surface area contributed by atoms with Crippen molar-refractivity contribution in [2.75, 3.05) is 5.32 Å². The zero-order valence-corrected chi connectivity index (χ0v) is 11.9. The Balaban J connectivity index is 1.82. The van der Waals surface area contributed by atoms with Gasteiger partial charge in [-0.05, 0) is 29.8 Å². The second kappa shape index (κ2) is 5.31. The van der Waals surface area contributed by atoms with Gasteiger partial charge in [-0.25, -0.2) is 13.5 Å². The number of rotatable bonds is 2. The Morgan fingerprint density at radius 2 is 1.83 bits per heavy atom. The van der Waals surface area contributed by atoms with E-state index in [2.05, 4.69) is 15.4 Å². The Kier molecular flexibility index (Phi) is 3.15. The first-order valence-electron chi connectivity index (χ1n) is 7.11. The molecule has 0 unspecified atom stereocenters. The van der Waals surface area contributed by atoms with Crippen molar-refractivity contribution in [3.63, 3.8) is 0 Å². The van der Waals surface area contributed by atoms with Gasteiger partial charge in [0.05, 0.1) is 0 Å². The fraction of sp³-hybridized carbons (Fsp3) is 0.0588. The number of halogens is 2. The van der Waals surface area contributed by atoms with Gasteiger partial charge >= 0.3 is 0 Å². The maximum atomic E-state index is 13.5. The number of nitrogens with one attached hydrogen (secondary N) is 1. The van der Waals surface area contributed by atoms with Crippen LogP contribution in [-0.2, 0) is 0 Å². The number of benzene rings is 2. The molecule has 0 amide bonds. The third-order valence-corrected chi connectivity index (χ3v) is 3.78. The molecule has 1 aliphatic heterocycles. The lowest BCUT2D eigenvalue weighted by molar-refractivity contribution is 0.508. The summed E-state index contributed by atoms with van der Waals surface area (Å²) in [6.45, 7) is 0. The minimum Gasteiger partial charge on any atom is -0.324 e. The van der Waals surface area contributed by atoms with Crippen molar-refractivity contribution in [3.05, 3.63) is 83.7 Å². The van der Waals surface area contributed by atoms with E-state index in [0.29, 0.717) is 17.2 Å². The van der Waals surface area contributed by atoms with E-state index < -0.39 is 11.6 Å². The molecule has 0 spiro atoms. The number of aromatic nitrogens is 3. The first-order chi connectivity index (χ1) is 11.2. The summed E-state index contributed by atoms with van der Waals surface area (Å²) in [4.78, 5) is 4.18. The van der Waals surface area contributed by atoms with Gasteiger partial charge in [0, 0.05) is 11.3 Å². The predicted molar refractivity (Wildman–Crippen MR) is 82.6 cm³/mol. The van der Waals surface area contributed by atoms with Gasteiger partial charge < -0.3 is 5.32 Å². The van der Waals surface area contributed by atoms with Gasteiger partial charge in [0.2, 0.25) is 5.95 Å². The van der Waals surface area contributed by atoms with Gasteiger partial charge in [0.15, 0.2) is 11.6 Å². The number of allylic oxidation sites excluding steroid dienone is 1. The van der Waals surface area contributed by atoms with Gasteiger partial charge in [-0.2, -0.15) is 10.1 Å². The molecule has 1 aliphatic rings. The van der Waals surface area contributed by atoms with Crippen molar-refractivity contribution in [3.8, 4) is 0 Å². The molecule has 1 aromatic heterocycles. The Labute approximate surface area is 131 Å². The van der Waals surface area contributed by atoms with Gasteiger partial charge in [-0.1, -0.05) is 30.3 Å². The minimum absolute atomic E-state index is 0.168. The van der Waals surface area contributed by atoms with Crippen LogP contribution in [0.15, 0.2) is 60.9 Å². The van der Waals surface area contributed by atoms with Crippen molar-refractivity contribution in [1.82, 2.24) is 14.8 Å². The number of hydrogen-bond acceptors (Lipinski definition) is 3. The lowest BCUT2D eigenvalue weighted by Crippen LogP contribution is -2.20. The van der Waals surface area contributed by atoms with Crippen molar-refractivity contribution in [2.24, 2.45) is 0 Å². The molecular weight excluding hydrogens is 298 g/mol. The summed E-state index contributed by atoms with van der Waals surface area (Å²) in [6.07, 6.45) is 3.38. The molecule has 1 atom stereocenters. The molecule has 0 saturated heterocycles. The molecule has 0 bridgehead atoms. The molecule has 23 heavy (non-hydrogen) atoms. The van der Waals surface area contributed by atoms with Crippen molar-refractivity contribution in [1.29, 1.82) is 0 Å². The summed E-state index contributed by atoms with van der Waals surface area (Å²) in [5.41, 5.74) is 2.25. The highest BCUT2D eigenvalue weighted by atomic mass is 19.2. The number of anilines is 1. The quantitative estimate of drug-likeness (QED) is 0.786. The van der Waals surface area contributed by atoms with Crippen LogP contribution in [0.1, 0.15) is 17.2 Å². The van der Waals surface area contributed by atoms with E-state index in [9.17, 15) is 8.78 Å². The first-order valence-corrected chi connectivity index (χ1v) is 7.11. The topological polar surface area (TPSA) is 42.7 Å². The van der Waals surface area contributed by atoms with Crippen LogP contribution < -0.4 is 5.32 Å². The van der Waals surface area contributed by atoms with E-state index in [1.165, 1.54) is 18.5 Å². The lowest BCUT2D eigenvalue weighted by atomic mass is 10.0. The lowest BCUT2D eigenvalue weighted by Gasteiger charge is -2.24. The number of fused-ring (bicyclic) bond motifs is 1. The number of hydrogen-bond donors (Lipinski definition) is 1. The van der Waals surface area contributed by atoms with E-state index in [-0.39, 0.29) is 6.04 Å². The van der Waals surface area contributed by atoms with Crippen molar-refractivity contribution < 1.29 is 8.78 Å². The maximum absolute atomic E-state index is 13.5. The van der Waals surface area contributed by atoms with Crippen LogP contribution in [0, 0.1) is 11.6 Å². The van der Waals surface area contributed by atoms with E-state index in [1.807, 2.05) is 36.4 Å². The molecule has 2 aromatic carbocycles. The first kappa shape index (κ1) is 13.6. The van der Waals surface area contributed by atoms with Crippen LogP contribution in [0.4, 0.5) is 14.7 Å². The fourth-order valence-corrected chi connectivity index (χ4v) is 2.65. The minimum atomic E-state index is -0.881. The molecule has 4 rings (SSSR count). The van der Waals surface area contributed by atoms with Gasteiger partial charge in [-0.3, -0.25) is 0 Å². The fourth-order valence-electron chi connectivity index (χ4n) is 2.65. The van der Waals surface area contributed by atoms with E-state index in [4.69, 9.17) is 0 Å². The van der Waals surface area contributed by atoms with Crippen LogP contribution >= 0.6 is 0 Å². The summed E-state index contributed by atoms with van der Waals surface area (Å²) >= 11 is 0. The SMILES string of the molecule is Fc1ccc(C2=C[C@H](c3ccccc3)n3ncnc3N2)cc1F. The Morgan fingerprint density at radius 1 is 1.00 bits per heavy atom. The molecule has 0 radical (unpaired) electrons. The smallest absolute Gasteiger partial charge is 0.226 e. The van der Waals surface area contributed by atoms with Crippen LogP contribution in [0.25, 0.3) is 5.70 Å². The monoisotopic (exact) mass is 310 g/mol. The second-order valence-electron chi connectivity index (χ2n) is 5.22. The van der Waals surface area contributed by atoms with Crippen LogP contribution in [0.3, 0.4) is 0 Å². The third-order valence-electron chi connectivity index (χ3n) is 3.78.